The summed E-state index contributed by atoms with van der Waals surface area (Å²) in [5, 5.41) is 3.48. The average Bonchev–Trinajstić information content (AvgIpc) is 2.77. The van der Waals surface area contributed by atoms with Crippen molar-refractivity contribution in [3.05, 3.63) is 40.0 Å². The normalized spacial score (nSPS) is 18.5. The fourth-order valence-corrected chi connectivity index (χ4v) is 2.29. The third-order valence-electron chi connectivity index (χ3n) is 3.20. The molecule has 1 aliphatic heterocycles. The maximum atomic E-state index is 13.6. The molecule has 1 heterocycles. The first kappa shape index (κ1) is 13.3. The van der Waals surface area contributed by atoms with Crippen LogP contribution in [0.3, 0.4) is 0 Å². The minimum Gasteiger partial charge on any atom is -0.326 e. The molecule has 0 bridgehead atoms. The molecule has 0 aromatic heterocycles. The molecule has 0 saturated carbocycles. The van der Waals surface area contributed by atoms with Crippen molar-refractivity contribution < 1.29 is 9.18 Å². The van der Waals surface area contributed by atoms with Gasteiger partial charge in [0.15, 0.2) is 0 Å². The number of anilines is 1. The van der Waals surface area contributed by atoms with E-state index in [9.17, 15) is 9.18 Å². The van der Waals surface area contributed by atoms with Gasteiger partial charge in [0.1, 0.15) is 5.82 Å². The summed E-state index contributed by atoms with van der Waals surface area (Å²) in [5.74, 6) is -0.540. The smallest absolute Gasteiger partial charge is 0.227 e. The number of amides is 1. The average molecular weight is 263 g/mol. The number of hydrogen-bond acceptors (Lipinski definition) is 3. The summed E-state index contributed by atoms with van der Waals surface area (Å²) in [4.78, 5) is 16.2. The first-order valence-electron chi connectivity index (χ1n) is 5.96. The topological polar surface area (TPSA) is 95.1 Å². The molecule has 1 unspecified atom stereocenters. The summed E-state index contributed by atoms with van der Waals surface area (Å²) in [6.07, 6.45) is 0.305. The number of nitrogens with two attached hydrogens (primary N) is 1. The van der Waals surface area contributed by atoms with Crippen molar-refractivity contribution in [2.45, 2.75) is 13.0 Å². The van der Waals surface area contributed by atoms with E-state index in [1.54, 1.807) is 12.1 Å². The first-order valence-corrected chi connectivity index (χ1v) is 5.96. The molecular weight excluding hydrogens is 249 g/mol. The van der Waals surface area contributed by atoms with Crippen molar-refractivity contribution in [3.8, 4) is 0 Å². The zero-order valence-electron chi connectivity index (χ0n) is 10.3. The Morgan fingerprint density at radius 3 is 3.05 bits per heavy atom. The lowest BCUT2D eigenvalue weighted by molar-refractivity contribution is -0.117. The van der Waals surface area contributed by atoms with Crippen molar-refractivity contribution in [3.63, 3.8) is 0 Å². The van der Waals surface area contributed by atoms with Gasteiger partial charge in [-0.2, -0.15) is 0 Å². The Bertz CT molecular complexity index is 541. The SMILES string of the molecule is [N-]=[N+]=NCC1CC(=O)N(c2cccc(F)c2CN)C1. The summed E-state index contributed by atoms with van der Waals surface area (Å²) >= 11 is 0. The summed E-state index contributed by atoms with van der Waals surface area (Å²) in [6.45, 7) is 0.729. The van der Waals surface area contributed by atoms with Gasteiger partial charge in [0.05, 0.1) is 5.69 Å². The van der Waals surface area contributed by atoms with E-state index in [2.05, 4.69) is 10.0 Å². The molecule has 6 nitrogen and oxygen atoms in total. The zero-order valence-corrected chi connectivity index (χ0v) is 10.3. The molecule has 1 atom stereocenters. The first-order chi connectivity index (χ1) is 9.17. The van der Waals surface area contributed by atoms with E-state index >= 15 is 0 Å². The lowest BCUT2D eigenvalue weighted by atomic mass is 10.1. The van der Waals surface area contributed by atoms with E-state index in [-0.39, 0.29) is 24.9 Å². The second kappa shape index (κ2) is 5.69. The number of azide groups is 1. The number of halogens is 1. The molecule has 0 spiro atoms. The van der Waals surface area contributed by atoms with Crippen molar-refractivity contribution in [1.29, 1.82) is 0 Å². The third kappa shape index (κ3) is 2.67. The predicted molar refractivity (Wildman–Crippen MR) is 68.8 cm³/mol. The molecule has 1 aromatic rings. The highest BCUT2D eigenvalue weighted by atomic mass is 19.1. The van der Waals surface area contributed by atoms with Crippen LogP contribution in [0.2, 0.25) is 0 Å². The number of carbonyl (C=O) groups excluding carboxylic acids is 1. The quantitative estimate of drug-likeness (QED) is 0.510. The predicted octanol–water partition coefficient (Wildman–Crippen LogP) is 1.95. The molecular formula is C12H14FN5O. The van der Waals surface area contributed by atoms with Gasteiger partial charge in [0.2, 0.25) is 5.91 Å². The molecule has 0 aliphatic carbocycles. The zero-order chi connectivity index (χ0) is 13.8. The molecule has 1 amide bonds. The van der Waals surface area contributed by atoms with Crippen molar-refractivity contribution in [2.75, 3.05) is 18.0 Å². The Labute approximate surface area is 109 Å². The molecule has 19 heavy (non-hydrogen) atoms. The maximum absolute atomic E-state index is 13.6. The highest BCUT2D eigenvalue weighted by Crippen LogP contribution is 2.29. The standard InChI is InChI=1S/C12H14FN5O/c13-10-2-1-3-11(9(10)5-14)18-7-8(4-12(18)19)6-16-17-15/h1-3,8H,4-7,14H2. The van der Waals surface area contributed by atoms with Crippen LogP contribution in [-0.2, 0) is 11.3 Å². The van der Waals surface area contributed by atoms with Crippen LogP contribution in [-0.4, -0.2) is 19.0 Å². The number of benzene rings is 1. The lowest BCUT2D eigenvalue weighted by Gasteiger charge is -2.20. The van der Waals surface area contributed by atoms with Crippen molar-refractivity contribution in [2.24, 2.45) is 16.8 Å². The largest absolute Gasteiger partial charge is 0.326 e. The van der Waals surface area contributed by atoms with Gasteiger partial charge < -0.3 is 10.6 Å². The van der Waals surface area contributed by atoms with Crippen LogP contribution in [0.1, 0.15) is 12.0 Å². The molecule has 1 fully saturated rings. The Kier molecular flexibility index (Phi) is 3.99. The van der Waals surface area contributed by atoms with Gasteiger partial charge in [-0.3, -0.25) is 4.79 Å². The summed E-state index contributed by atoms with van der Waals surface area (Å²) in [6, 6.07) is 4.56. The lowest BCUT2D eigenvalue weighted by Crippen LogP contribution is -2.26. The monoisotopic (exact) mass is 263 g/mol. The van der Waals surface area contributed by atoms with Crippen LogP contribution in [0.5, 0.6) is 0 Å². The van der Waals surface area contributed by atoms with Gasteiger partial charge in [0.25, 0.3) is 0 Å². The Balaban J connectivity index is 2.25. The van der Waals surface area contributed by atoms with Crippen LogP contribution in [0, 0.1) is 11.7 Å². The van der Waals surface area contributed by atoms with Gasteiger partial charge in [-0.1, -0.05) is 11.2 Å². The fraction of sp³-hybridized carbons (Fsp3) is 0.417. The highest BCUT2D eigenvalue weighted by molar-refractivity contribution is 5.96. The maximum Gasteiger partial charge on any atom is 0.227 e. The molecule has 1 saturated heterocycles. The van der Waals surface area contributed by atoms with Gasteiger partial charge >= 0.3 is 0 Å². The highest BCUT2D eigenvalue weighted by Gasteiger charge is 2.31. The van der Waals surface area contributed by atoms with E-state index in [1.807, 2.05) is 0 Å². The van der Waals surface area contributed by atoms with Crippen LogP contribution in [0.15, 0.2) is 23.3 Å². The van der Waals surface area contributed by atoms with E-state index in [0.29, 0.717) is 24.2 Å². The van der Waals surface area contributed by atoms with Gasteiger partial charge in [-0.25, -0.2) is 4.39 Å². The molecule has 1 aromatic carbocycles. The van der Waals surface area contributed by atoms with E-state index in [1.165, 1.54) is 11.0 Å². The summed E-state index contributed by atoms with van der Waals surface area (Å²) in [7, 11) is 0. The van der Waals surface area contributed by atoms with E-state index < -0.39 is 5.82 Å². The molecule has 2 N–H and O–H groups in total. The van der Waals surface area contributed by atoms with Gasteiger partial charge in [0, 0.05) is 36.5 Å². The molecule has 100 valence electrons. The second-order valence-corrected chi connectivity index (χ2v) is 4.43. The Hall–Kier alpha value is -2.11. The number of rotatable bonds is 4. The van der Waals surface area contributed by atoms with Crippen molar-refractivity contribution >= 4 is 11.6 Å². The summed E-state index contributed by atoms with van der Waals surface area (Å²) in [5.41, 5.74) is 14.7. The van der Waals surface area contributed by atoms with Crippen LogP contribution in [0.4, 0.5) is 10.1 Å². The Morgan fingerprint density at radius 2 is 2.37 bits per heavy atom. The second-order valence-electron chi connectivity index (χ2n) is 4.43. The minimum absolute atomic E-state index is 0.0303. The number of nitrogens with zero attached hydrogens (tertiary/aromatic N) is 4. The third-order valence-corrected chi connectivity index (χ3v) is 3.20. The molecule has 7 heteroatoms. The minimum atomic E-state index is -0.411. The number of hydrogen-bond donors (Lipinski definition) is 1. The summed E-state index contributed by atoms with van der Waals surface area (Å²) < 4.78 is 13.6. The van der Waals surface area contributed by atoms with Gasteiger partial charge in [-0.15, -0.1) is 0 Å². The van der Waals surface area contributed by atoms with Crippen LogP contribution < -0.4 is 10.6 Å². The number of carbonyl (C=O) groups is 1. The molecule has 0 radical (unpaired) electrons. The molecule has 1 aliphatic rings. The van der Waals surface area contributed by atoms with E-state index in [4.69, 9.17) is 11.3 Å². The van der Waals surface area contributed by atoms with Gasteiger partial charge in [-0.05, 0) is 23.6 Å². The Morgan fingerprint density at radius 1 is 1.58 bits per heavy atom. The van der Waals surface area contributed by atoms with Crippen LogP contribution in [0.25, 0.3) is 10.4 Å². The van der Waals surface area contributed by atoms with Crippen LogP contribution >= 0.6 is 0 Å². The van der Waals surface area contributed by atoms with E-state index in [0.717, 1.165) is 0 Å². The van der Waals surface area contributed by atoms with Crippen molar-refractivity contribution in [1.82, 2.24) is 0 Å². The fourth-order valence-electron chi connectivity index (χ4n) is 2.29. The molecule has 2 rings (SSSR count).